The Morgan fingerprint density at radius 1 is 1.06 bits per heavy atom. The number of nitrogens with zero attached hydrogens (tertiary/aromatic N) is 3. The average molecular weight is 421 g/mol. The number of nitrogens with one attached hydrogen (secondary N) is 2. The third-order valence-corrected chi connectivity index (χ3v) is 4.73. The normalized spacial score (nSPS) is 11.7. The minimum absolute atomic E-state index is 0.0144. The van der Waals surface area contributed by atoms with Crippen LogP contribution in [0.3, 0.4) is 0 Å². The molecule has 0 radical (unpaired) electrons. The van der Waals surface area contributed by atoms with Gasteiger partial charge < -0.3 is 15.7 Å². The van der Waals surface area contributed by atoms with E-state index in [2.05, 4.69) is 20.6 Å². The molecule has 9 nitrogen and oxygen atoms in total. The van der Waals surface area contributed by atoms with E-state index >= 15 is 0 Å². The Kier molecular flexibility index (Phi) is 6.76. The Morgan fingerprint density at radius 3 is 2.35 bits per heavy atom. The third-order valence-electron chi connectivity index (χ3n) is 4.73. The number of hydrogen-bond donors (Lipinski definition) is 3. The minimum atomic E-state index is -1.14. The molecule has 0 aliphatic heterocycles. The van der Waals surface area contributed by atoms with Crippen LogP contribution in [0.1, 0.15) is 30.9 Å². The summed E-state index contributed by atoms with van der Waals surface area (Å²) in [7, 11) is 0. The molecule has 0 bridgehead atoms. The van der Waals surface area contributed by atoms with Gasteiger partial charge in [0.25, 0.3) is 0 Å². The van der Waals surface area contributed by atoms with Gasteiger partial charge in [0.1, 0.15) is 12.4 Å². The number of carbonyl (C=O) groups is 1. The van der Waals surface area contributed by atoms with Gasteiger partial charge >= 0.3 is 11.7 Å². The van der Waals surface area contributed by atoms with Gasteiger partial charge in [-0.05, 0) is 23.1 Å². The molecule has 9 heteroatoms. The summed E-state index contributed by atoms with van der Waals surface area (Å²) < 4.78 is 0. The van der Waals surface area contributed by atoms with Crippen molar-refractivity contribution in [2.75, 3.05) is 10.6 Å². The standard InChI is InChI=1S/C22H23N5O4/c1-14(2)16-10-6-7-11-17(16)25-20-19(27(30)31)21(24-13-23-20)26-18(22(28)29)12-15-8-4-3-5-9-15/h3-11,13-14,18H,12H2,1-2H3,(H,28,29)(H2,23,24,25,26). The lowest BCUT2D eigenvalue weighted by molar-refractivity contribution is -0.383. The van der Waals surface area contributed by atoms with E-state index in [1.54, 1.807) is 24.3 Å². The first-order valence-electron chi connectivity index (χ1n) is 9.75. The average Bonchev–Trinajstić information content (AvgIpc) is 2.74. The Balaban J connectivity index is 1.95. The van der Waals surface area contributed by atoms with Crippen LogP contribution in [-0.2, 0) is 11.2 Å². The summed E-state index contributed by atoms with van der Waals surface area (Å²) in [5.74, 6) is -1.13. The van der Waals surface area contributed by atoms with Crippen molar-refractivity contribution in [3.63, 3.8) is 0 Å². The van der Waals surface area contributed by atoms with Gasteiger partial charge in [0.15, 0.2) is 0 Å². The van der Waals surface area contributed by atoms with Crippen molar-refractivity contribution in [3.8, 4) is 0 Å². The number of carboxylic acids is 1. The van der Waals surface area contributed by atoms with E-state index in [0.717, 1.165) is 17.5 Å². The number of aliphatic carboxylic acids is 1. The number of para-hydroxylation sites is 1. The molecule has 0 aliphatic carbocycles. The largest absolute Gasteiger partial charge is 0.480 e. The Bertz CT molecular complexity index is 1070. The first kappa shape index (κ1) is 21.7. The molecule has 1 atom stereocenters. The maximum absolute atomic E-state index is 11.9. The highest BCUT2D eigenvalue weighted by molar-refractivity contribution is 5.81. The van der Waals surface area contributed by atoms with Crippen LogP contribution in [0.5, 0.6) is 0 Å². The maximum Gasteiger partial charge on any atom is 0.353 e. The van der Waals surface area contributed by atoms with E-state index in [1.807, 2.05) is 44.2 Å². The highest BCUT2D eigenvalue weighted by Gasteiger charge is 2.28. The van der Waals surface area contributed by atoms with Gasteiger partial charge in [-0.2, -0.15) is 0 Å². The van der Waals surface area contributed by atoms with E-state index < -0.39 is 22.6 Å². The molecule has 0 amide bonds. The number of benzene rings is 2. The molecular formula is C22H23N5O4. The van der Waals surface area contributed by atoms with Crippen molar-refractivity contribution >= 4 is 29.0 Å². The fraction of sp³-hybridized carbons (Fsp3) is 0.227. The number of aromatic nitrogens is 2. The quantitative estimate of drug-likeness (QED) is 0.343. The van der Waals surface area contributed by atoms with Crippen molar-refractivity contribution in [3.05, 3.63) is 82.2 Å². The molecule has 160 valence electrons. The number of carboxylic acid groups (broad SMARTS) is 1. The molecule has 1 unspecified atom stereocenters. The first-order valence-corrected chi connectivity index (χ1v) is 9.75. The molecule has 0 saturated heterocycles. The van der Waals surface area contributed by atoms with Gasteiger partial charge in [0.2, 0.25) is 11.6 Å². The van der Waals surface area contributed by atoms with Gasteiger partial charge in [-0.15, -0.1) is 0 Å². The molecule has 3 aromatic rings. The zero-order valence-electron chi connectivity index (χ0n) is 17.1. The summed E-state index contributed by atoms with van der Waals surface area (Å²) >= 11 is 0. The molecule has 31 heavy (non-hydrogen) atoms. The van der Waals surface area contributed by atoms with E-state index in [9.17, 15) is 20.0 Å². The van der Waals surface area contributed by atoms with Crippen LogP contribution in [0.25, 0.3) is 0 Å². The van der Waals surface area contributed by atoms with Crippen LogP contribution >= 0.6 is 0 Å². The lowest BCUT2D eigenvalue weighted by Crippen LogP contribution is -2.32. The van der Waals surface area contributed by atoms with Crippen LogP contribution in [0.4, 0.5) is 23.0 Å². The van der Waals surface area contributed by atoms with Crippen molar-refractivity contribution in [2.24, 2.45) is 0 Å². The van der Waals surface area contributed by atoms with Crippen LogP contribution < -0.4 is 10.6 Å². The van der Waals surface area contributed by atoms with Crippen LogP contribution in [0.15, 0.2) is 60.9 Å². The third kappa shape index (κ3) is 5.33. The fourth-order valence-electron chi connectivity index (χ4n) is 3.21. The molecule has 1 heterocycles. The summed E-state index contributed by atoms with van der Waals surface area (Å²) in [4.78, 5) is 31.0. The summed E-state index contributed by atoms with van der Waals surface area (Å²) in [6.07, 6.45) is 1.30. The topological polar surface area (TPSA) is 130 Å². The Labute approximate surface area is 179 Å². The van der Waals surface area contributed by atoms with Crippen molar-refractivity contribution in [1.82, 2.24) is 9.97 Å². The zero-order chi connectivity index (χ0) is 22.4. The van der Waals surface area contributed by atoms with Gasteiger partial charge in [0.05, 0.1) is 4.92 Å². The summed E-state index contributed by atoms with van der Waals surface area (Å²) in [5.41, 5.74) is 2.02. The molecule has 2 aromatic carbocycles. The molecule has 0 spiro atoms. The van der Waals surface area contributed by atoms with E-state index in [0.29, 0.717) is 5.69 Å². The molecule has 1 aromatic heterocycles. The van der Waals surface area contributed by atoms with E-state index in [-0.39, 0.29) is 24.0 Å². The zero-order valence-corrected chi connectivity index (χ0v) is 17.1. The highest BCUT2D eigenvalue weighted by atomic mass is 16.6. The first-order chi connectivity index (χ1) is 14.9. The lowest BCUT2D eigenvalue weighted by Gasteiger charge is -2.17. The van der Waals surface area contributed by atoms with Crippen LogP contribution in [0.2, 0.25) is 0 Å². The van der Waals surface area contributed by atoms with Crippen LogP contribution in [-0.4, -0.2) is 32.0 Å². The summed E-state index contributed by atoms with van der Waals surface area (Å²) in [6.45, 7) is 4.03. The van der Waals surface area contributed by atoms with Gasteiger partial charge in [-0.3, -0.25) is 10.1 Å². The van der Waals surface area contributed by atoms with Crippen molar-refractivity contribution < 1.29 is 14.8 Å². The van der Waals surface area contributed by atoms with Crippen molar-refractivity contribution in [1.29, 1.82) is 0 Å². The summed E-state index contributed by atoms with van der Waals surface area (Å²) in [6, 6.07) is 15.4. The van der Waals surface area contributed by atoms with E-state index in [1.165, 1.54) is 0 Å². The molecule has 3 rings (SSSR count). The second kappa shape index (κ2) is 9.66. The molecule has 0 saturated carbocycles. The summed E-state index contributed by atoms with van der Waals surface area (Å²) in [5, 5.41) is 27.2. The van der Waals surface area contributed by atoms with Gasteiger partial charge in [-0.25, -0.2) is 14.8 Å². The Morgan fingerprint density at radius 2 is 1.71 bits per heavy atom. The predicted octanol–water partition coefficient (Wildman–Crippen LogP) is 4.36. The maximum atomic E-state index is 11.9. The molecular weight excluding hydrogens is 398 g/mol. The fourth-order valence-corrected chi connectivity index (χ4v) is 3.21. The van der Waals surface area contributed by atoms with Crippen molar-refractivity contribution in [2.45, 2.75) is 32.2 Å². The van der Waals surface area contributed by atoms with Gasteiger partial charge in [-0.1, -0.05) is 62.4 Å². The Hall–Kier alpha value is -4.01. The van der Waals surface area contributed by atoms with Crippen LogP contribution in [0, 0.1) is 10.1 Å². The number of anilines is 3. The smallest absolute Gasteiger partial charge is 0.353 e. The van der Waals surface area contributed by atoms with Gasteiger partial charge in [0, 0.05) is 12.1 Å². The predicted molar refractivity (Wildman–Crippen MR) is 118 cm³/mol. The molecule has 3 N–H and O–H groups in total. The monoisotopic (exact) mass is 421 g/mol. The van der Waals surface area contributed by atoms with E-state index in [4.69, 9.17) is 0 Å². The molecule has 0 aliphatic rings. The number of rotatable bonds is 9. The molecule has 0 fully saturated rings. The number of hydrogen-bond acceptors (Lipinski definition) is 7. The second-order valence-electron chi connectivity index (χ2n) is 7.27. The number of nitro groups is 1. The SMILES string of the molecule is CC(C)c1ccccc1Nc1ncnc(NC(Cc2ccccc2)C(=O)O)c1[N+](=O)[O-]. The second-order valence-corrected chi connectivity index (χ2v) is 7.27. The lowest BCUT2D eigenvalue weighted by atomic mass is 10.0. The minimum Gasteiger partial charge on any atom is -0.480 e. The highest BCUT2D eigenvalue weighted by Crippen LogP contribution is 2.34.